The maximum atomic E-state index is 12.5. The summed E-state index contributed by atoms with van der Waals surface area (Å²) in [6.45, 7) is 10.5. The van der Waals surface area contributed by atoms with Crippen molar-refractivity contribution < 1.29 is 4.79 Å². The molecule has 0 atom stereocenters. The zero-order chi connectivity index (χ0) is 15.4. The molecule has 2 N–H and O–H groups in total. The highest BCUT2D eigenvalue weighted by Gasteiger charge is 2.22. The largest absolute Gasteiger partial charge is 0.398 e. The van der Waals surface area contributed by atoms with Gasteiger partial charge < -0.3 is 15.5 Å². The number of fused-ring (bicyclic) bond motifs is 1. The highest BCUT2D eigenvalue weighted by molar-refractivity contribution is 5.83. The van der Waals surface area contributed by atoms with Crippen LogP contribution in [-0.2, 0) is 11.2 Å². The summed E-state index contributed by atoms with van der Waals surface area (Å²) in [5, 5.41) is 0. The molecule has 4 heteroatoms. The van der Waals surface area contributed by atoms with E-state index in [2.05, 4.69) is 17.5 Å². The Bertz CT molecular complexity index is 539. The number of nitrogens with two attached hydrogens (primary N) is 1. The van der Waals surface area contributed by atoms with E-state index in [1.165, 1.54) is 5.56 Å². The van der Waals surface area contributed by atoms with E-state index in [0.717, 1.165) is 36.3 Å². The second-order valence-electron chi connectivity index (χ2n) is 5.74. The van der Waals surface area contributed by atoms with Crippen molar-refractivity contribution in [2.45, 2.75) is 26.7 Å². The van der Waals surface area contributed by atoms with Crippen LogP contribution >= 0.6 is 0 Å². The van der Waals surface area contributed by atoms with Gasteiger partial charge in [0.05, 0.1) is 6.54 Å². The number of likely N-dealkylation sites (N-methyl/N-ethyl adjacent to an activating group) is 1. The fourth-order valence-corrected chi connectivity index (χ4v) is 2.86. The van der Waals surface area contributed by atoms with Gasteiger partial charge >= 0.3 is 0 Å². The number of hydrogen-bond donors (Lipinski definition) is 1. The summed E-state index contributed by atoms with van der Waals surface area (Å²) in [7, 11) is 0. The van der Waals surface area contributed by atoms with E-state index in [1.54, 1.807) is 0 Å². The smallest absolute Gasteiger partial charge is 0.242 e. The second-order valence-corrected chi connectivity index (χ2v) is 5.74. The summed E-state index contributed by atoms with van der Waals surface area (Å²) in [5.41, 5.74) is 10.2. The molecule has 1 aliphatic heterocycles. The molecule has 114 valence electrons. The number of carbonyl (C=O) groups excluding carboxylic acids is 1. The fraction of sp³-hybridized carbons (Fsp3) is 0.471. The molecule has 0 aliphatic carbocycles. The van der Waals surface area contributed by atoms with E-state index in [1.807, 2.05) is 30.9 Å². The maximum Gasteiger partial charge on any atom is 0.242 e. The molecular weight excluding hydrogens is 262 g/mol. The molecule has 1 aliphatic rings. The van der Waals surface area contributed by atoms with Gasteiger partial charge in [0.15, 0.2) is 0 Å². The monoisotopic (exact) mass is 287 g/mol. The number of hydrogen-bond acceptors (Lipinski definition) is 3. The Morgan fingerprint density at radius 2 is 2.24 bits per heavy atom. The molecule has 0 saturated carbocycles. The minimum atomic E-state index is 0.149. The van der Waals surface area contributed by atoms with Crippen LogP contribution in [0.15, 0.2) is 30.4 Å². The van der Waals surface area contributed by atoms with Gasteiger partial charge in [0.25, 0.3) is 0 Å². The molecule has 21 heavy (non-hydrogen) atoms. The normalized spacial score (nSPS) is 13.7. The van der Waals surface area contributed by atoms with Crippen molar-refractivity contribution in [2.75, 3.05) is 36.8 Å². The summed E-state index contributed by atoms with van der Waals surface area (Å²) in [5.74, 6) is 0.149. The molecule has 1 heterocycles. The van der Waals surface area contributed by atoms with Gasteiger partial charge in [0, 0.05) is 31.0 Å². The third-order valence-electron chi connectivity index (χ3n) is 3.90. The average Bonchev–Trinajstić information content (AvgIpc) is 2.45. The number of amides is 1. The molecule has 0 radical (unpaired) electrons. The van der Waals surface area contributed by atoms with Gasteiger partial charge in [-0.3, -0.25) is 4.79 Å². The molecule has 0 bridgehead atoms. The lowest BCUT2D eigenvalue weighted by molar-refractivity contribution is -0.129. The first-order chi connectivity index (χ1) is 10.0. The van der Waals surface area contributed by atoms with E-state index in [0.29, 0.717) is 19.6 Å². The third-order valence-corrected chi connectivity index (χ3v) is 3.90. The Morgan fingerprint density at radius 1 is 1.48 bits per heavy atom. The molecule has 2 rings (SSSR count). The van der Waals surface area contributed by atoms with Crippen molar-refractivity contribution in [1.29, 1.82) is 0 Å². The standard InChI is InChI=1S/C17H25N3O/c1-4-19(11-13(2)3)17(21)12-20-10-6-7-14-15(18)8-5-9-16(14)20/h5,8-9H,2,4,6-7,10-12,18H2,1,3H3. The molecular formula is C17H25N3O. The predicted molar refractivity (Wildman–Crippen MR) is 88.5 cm³/mol. The Hall–Kier alpha value is -1.97. The van der Waals surface area contributed by atoms with Crippen LogP contribution in [0.5, 0.6) is 0 Å². The minimum absolute atomic E-state index is 0.149. The minimum Gasteiger partial charge on any atom is -0.398 e. The van der Waals surface area contributed by atoms with Crippen LogP contribution in [0.4, 0.5) is 11.4 Å². The van der Waals surface area contributed by atoms with Crippen LogP contribution in [0.2, 0.25) is 0 Å². The Morgan fingerprint density at radius 3 is 2.90 bits per heavy atom. The van der Waals surface area contributed by atoms with Crippen molar-refractivity contribution in [3.05, 3.63) is 35.9 Å². The van der Waals surface area contributed by atoms with Gasteiger partial charge in [-0.05, 0) is 44.4 Å². The molecule has 0 aromatic heterocycles. The lowest BCUT2D eigenvalue weighted by Crippen LogP contribution is -2.42. The molecule has 0 unspecified atom stereocenters. The number of carbonyl (C=O) groups is 1. The fourth-order valence-electron chi connectivity index (χ4n) is 2.86. The highest BCUT2D eigenvalue weighted by atomic mass is 16.2. The van der Waals surface area contributed by atoms with E-state index >= 15 is 0 Å². The van der Waals surface area contributed by atoms with Crippen LogP contribution in [0.1, 0.15) is 25.8 Å². The number of anilines is 2. The van der Waals surface area contributed by atoms with Gasteiger partial charge in [-0.25, -0.2) is 0 Å². The number of benzene rings is 1. The first-order valence-electron chi connectivity index (χ1n) is 7.57. The molecule has 0 spiro atoms. The highest BCUT2D eigenvalue weighted by Crippen LogP contribution is 2.31. The molecule has 1 amide bonds. The zero-order valence-corrected chi connectivity index (χ0v) is 13.1. The second kappa shape index (κ2) is 6.66. The van der Waals surface area contributed by atoms with Crippen LogP contribution in [0.25, 0.3) is 0 Å². The zero-order valence-electron chi connectivity index (χ0n) is 13.1. The van der Waals surface area contributed by atoms with E-state index in [-0.39, 0.29) is 5.91 Å². The average molecular weight is 287 g/mol. The summed E-state index contributed by atoms with van der Waals surface area (Å²) in [4.78, 5) is 16.5. The van der Waals surface area contributed by atoms with Crippen molar-refractivity contribution in [3.8, 4) is 0 Å². The van der Waals surface area contributed by atoms with Crippen LogP contribution < -0.4 is 10.6 Å². The first kappa shape index (κ1) is 15.4. The van der Waals surface area contributed by atoms with Crippen LogP contribution in [-0.4, -0.2) is 37.0 Å². The summed E-state index contributed by atoms with van der Waals surface area (Å²) >= 11 is 0. The van der Waals surface area contributed by atoms with Crippen LogP contribution in [0.3, 0.4) is 0 Å². The predicted octanol–water partition coefficient (Wildman–Crippen LogP) is 2.45. The SMILES string of the molecule is C=C(C)CN(CC)C(=O)CN1CCCc2c(N)cccc21. The van der Waals surface area contributed by atoms with Crippen molar-refractivity contribution in [3.63, 3.8) is 0 Å². The van der Waals surface area contributed by atoms with Gasteiger partial charge in [-0.15, -0.1) is 0 Å². The Balaban J connectivity index is 2.12. The molecule has 0 saturated heterocycles. The van der Waals surface area contributed by atoms with Gasteiger partial charge in [-0.2, -0.15) is 0 Å². The maximum absolute atomic E-state index is 12.5. The van der Waals surface area contributed by atoms with Crippen molar-refractivity contribution >= 4 is 17.3 Å². The van der Waals surface area contributed by atoms with Gasteiger partial charge in [0.2, 0.25) is 5.91 Å². The summed E-state index contributed by atoms with van der Waals surface area (Å²) in [6, 6.07) is 5.96. The summed E-state index contributed by atoms with van der Waals surface area (Å²) < 4.78 is 0. The Kier molecular flexibility index (Phi) is 4.89. The number of rotatable bonds is 5. The van der Waals surface area contributed by atoms with E-state index in [4.69, 9.17) is 5.73 Å². The van der Waals surface area contributed by atoms with E-state index < -0.39 is 0 Å². The van der Waals surface area contributed by atoms with Gasteiger partial charge in [0.1, 0.15) is 0 Å². The first-order valence-corrected chi connectivity index (χ1v) is 7.57. The topological polar surface area (TPSA) is 49.6 Å². The van der Waals surface area contributed by atoms with Crippen molar-refractivity contribution in [2.24, 2.45) is 0 Å². The lowest BCUT2D eigenvalue weighted by atomic mass is 10.00. The van der Waals surface area contributed by atoms with Gasteiger partial charge in [-0.1, -0.05) is 18.2 Å². The summed E-state index contributed by atoms with van der Waals surface area (Å²) in [6.07, 6.45) is 2.04. The third kappa shape index (κ3) is 3.57. The molecule has 1 aromatic carbocycles. The number of nitrogens with zero attached hydrogens (tertiary/aromatic N) is 2. The van der Waals surface area contributed by atoms with Crippen molar-refractivity contribution in [1.82, 2.24) is 4.90 Å². The molecule has 0 fully saturated rings. The van der Waals surface area contributed by atoms with Crippen LogP contribution in [0, 0.1) is 0 Å². The quantitative estimate of drug-likeness (QED) is 0.668. The number of nitrogen functional groups attached to an aromatic ring is 1. The lowest BCUT2D eigenvalue weighted by Gasteiger charge is -2.33. The molecule has 1 aromatic rings. The van der Waals surface area contributed by atoms with E-state index in [9.17, 15) is 4.79 Å². The molecule has 4 nitrogen and oxygen atoms in total. The Labute approximate surface area is 127 Å².